The minimum absolute atomic E-state index is 0.0182. The van der Waals surface area contributed by atoms with Crippen LogP contribution >= 0.6 is 34.5 Å². The van der Waals surface area contributed by atoms with Gasteiger partial charge in [0.15, 0.2) is 0 Å². The number of anilines is 1. The zero-order valence-electron chi connectivity index (χ0n) is 29.8. The average Bonchev–Trinajstić information content (AvgIpc) is 3.79. The molecule has 3 fully saturated rings. The number of aliphatic carboxylic acids is 1. The normalized spacial score (nSPS) is 26.4. The molecule has 0 spiro atoms. The van der Waals surface area contributed by atoms with E-state index in [4.69, 9.17) is 33.4 Å². The Morgan fingerprint density at radius 3 is 2.48 bits per heavy atom. The first-order valence-electron chi connectivity index (χ1n) is 18.1. The lowest BCUT2D eigenvalue weighted by Gasteiger charge is -2.49. The first-order valence-corrected chi connectivity index (χ1v) is 19.7. The number of aromatic nitrogens is 2. The molecule has 4 amide bonds. The number of unbranched alkanes of at least 4 members (excludes halogenated alkanes) is 2. The van der Waals surface area contributed by atoms with Crippen LogP contribution in [0, 0.1) is 36.0 Å². The molecule has 1 saturated carbocycles. The molecule has 2 aliphatic heterocycles. The number of carbonyl (C=O) groups excluding carboxylic acids is 4. The predicted octanol–water partition coefficient (Wildman–Crippen LogP) is 7.50. The Morgan fingerprint density at radius 2 is 1.72 bits per heavy atom. The van der Waals surface area contributed by atoms with E-state index in [1.54, 1.807) is 43.5 Å². The number of imide groups is 2. The molecule has 2 aromatic heterocycles. The van der Waals surface area contributed by atoms with E-state index in [2.05, 4.69) is 0 Å². The number of aryl methyl sites for hydroxylation is 2. The monoisotopic (exact) mass is 788 g/mol. The molecule has 11 nitrogen and oxygen atoms in total. The quantitative estimate of drug-likeness (QED) is 0.101. The largest absolute Gasteiger partial charge is 0.508 e. The minimum Gasteiger partial charge on any atom is -0.508 e. The molecule has 2 N–H and O–H groups in total. The van der Waals surface area contributed by atoms with E-state index in [1.807, 2.05) is 31.2 Å². The van der Waals surface area contributed by atoms with E-state index in [-0.39, 0.29) is 43.4 Å². The molecule has 6 unspecified atom stereocenters. The number of nitrogens with zero attached hydrogens (tertiary/aromatic N) is 4. The van der Waals surface area contributed by atoms with Gasteiger partial charge in [0.05, 0.1) is 28.0 Å². The number of rotatable bonds is 9. The average molecular weight is 790 g/mol. The molecular weight excluding hydrogens is 751 g/mol. The van der Waals surface area contributed by atoms with Crippen LogP contribution < -0.4 is 4.90 Å². The number of hydrogen-bond acceptors (Lipinski definition) is 8. The van der Waals surface area contributed by atoms with E-state index in [0.717, 1.165) is 26.1 Å². The number of thiophene rings is 1. The van der Waals surface area contributed by atoms with Crippen LogP contribution in [-0.4, -0.2) is 61.0 Å². The number of phenolic OH excluding ortho intramolecular Hbond substituents is 1. The lowest BCUT2D eigenvalue weighted by molar-refractivity contribution is -0.141. The molecule has 280 valence electrons. The number of likely N-dealkylation sites (tertiary alicyclic amines) is 1. The van der Waals surface area contributed by atoms with Crippen molar-refractivity contribution in [1.29, 1.82) is 0 Å². The maximum atomic E-state index is 15.0. The molecule has 2 aliphatic carbocycles. The first kappa shape index (κ1) is 36.5. The molecule has 4 aromatic rings. The van der Waals surface area contributed by atoms with Gasteiger partial charge in [-0.15, -0.1) is 11.3 Å². The molecule has 2 saturated heterocycles. The molecule has 6 atom stereocenters. The summed E-state index contributed by atoms with van der Waals surface area (Å²) in [5.74, 6) is -5.78. The topological polar surface area (TPSA) is 150 Å². The maximum Gasteiger partial charge on any atom is 0.303 e. The molecule has 8 rings (SSSR count). The van der Waals surface area contributed by atoms with Gasteiger partial charge >= 0.3 is 5.97 Å². The molecule has 4 aliphatic rings. The summed E-state index contributed by atoms with van der Waals surface area (Å²) < 4.78 is 2.56. The highest BCUT2D eigenvalue weighted by atomic mass is 35.5. The number of aromatic hydroxyl groups is 1. The van der Waals surface area contributed by atoms with Crippen LogP contribution in [0.25, 0.3) is 20.7 Å². The fourth-order valence-electron chi connectivity index (χ4n) is 9.56. The van der Waals surface area contributed by atoms with Crippen LogP contribution in [0.3, 0.4) is 0 Å². The highest BCUT2D eigenvalue weighted by Gasteiger charge is 2.68. The Labute approximate surface area is 325 Å². The summed E-state index contributed by atoms with van der Waals surface area (Å²) >= 11 is 14.4. The Kier molecular flexibility index (Phi) is 9.01. The van der Waals surface area contributed by atoms with Crippen molar-refractivity contribution in [2.45, 2.75) is 58.3 Å². The van der Waals surface area contributed by atoms with Crippen molar-refractivity contribution in [1.82, 2.24) is 14.7 Å². The van der Waals surface area contributed by atoms with Crippen molar-refractivity contribution in [3.8, 4) is 16.3 Å². The van der Waals surface area contributed by atoms with E-state index < -0.39 is 52.8 Å². The lowest BCUT2D eigenvalue weighted by atomic mass is 9.51. The minimum atomic E-state index is -1.38. The molecule has 4 heterocycles. The van der Waals surface area contributed by atoms with Gasteiger partial charge in [0, 0.05) is 52.3 Å². The van der Waals surface area contributed by atoms with E-state index >= 15 is 4.79 Å². The summed E-state index contributed by atoms with van der Waals surface area (Å²) in [6, 6.07) is 12.1. The zero-order chi connectivity index (χ0) is 38.4. The number of carboxylic acid groups (broad SMARTS) is 1. The van der Waals surface area contributed by atoms with Crippen molar-refractivity contribution >= 4 is 80.0 Å². The number of hydrogen-bond donors (Lipinski definition) is 2. The Morgan fingerprint density at radius 1 is 0.981 bits per heavy atom. The molecular formula is C40H38Cl2N4O7S. The van der Waals surface area contributed by atoms with Gasteiger partial charge in [-0.05, 0) is 92.8 Å². The van der Waals surface area contributed by atoms with Crippen molar-refractivity contribution in [3.05, 3.63) is 75.3 Å². The second kappa shape index (κ2) is 13.3. The SMILES string of the molecule is Cc1c(-c2cc(N3C(=O)C4CC5C(=CCC6C(=O)N(CCCCCC(=O)O)C(=O)C65)C(c5cc(Cl)ccc5O)C4(C)C3=O)n(C)n2)sc2ccc(Cl)cc12. The van der Waals surface area contributed by atoms with Crippen LogP contribution in [0.15, 0.2) is 54.1 Å². The first-order chi connectivity index (χ1) is 25.7. The van der Waals surface area contributed by atoms with Gasteiger partial charge < -0.3 is 10.2 Å². The Balaban J connectivity index is 1.18. The number of carbonyl (C=O) groups is 5. The third-order valence-corrected chi connectivity index (χ3v) is 13.9. The van der Waals surface area contributed by atoms with Gasteiger partial charge in [0.2, 0.25) is 23.6 Å². The van der Waals surface area contributed by atoms with Crippen molar-refractivity contribution in [2.75, 3.05) is 11.4 Å². The second-order valence-electron chi connectivity index (χ2n) is 15.1. The van der Waals surface area contributed by atoms with Crippen molar-refractivity contribution < 1.29 is 34.2 Å². The smallest absolute Gasteiger partial charge is 0.303 e. The van der Waals surface area contributed by atoms with Crippen LogP contribution in [0.2, 0.25) is 10.0 Å². The number of benzene rings is 2. The number of allylic oxidation sites excluding steroid dienone is 2. The second-order valence-corrected chi connectivity index (χ2v) is 17.0. The standard InChI is InChI=1S/C40H38Cl2N4O7S/c1-19-24-15-21(42)9-13-30(24)54-35(19)28-18-31(44(3)43-28)46-37(51)27-17-25-22(34(40(27,2)39(46)53)26-16-20(41)8-12-29(26)47)10-11-23-33(25)38(52)45(36(23)50)14-6-4-5-7-32(48)49/h8-10,12-13,15-16,18,23,25,27,33-34,47H,4-7,11,14,17H2,1-3H3,(H,48,49). The summed E-state index contributed by atoms with van der Waals surface area (Å²) in [4.78, 5) is 72.1. The summed E-state index contributed by atoms with van der Waals surface area (Å²) in [5, 5.41) is 27.1. The summed E-state index contributed by atoms with van der Waals surface area (Å²) in [6.07, 6.45) is 3.87. The van der Waals surface area contributed by atoms with Gasteiger partial charge in [-0.2, -0.15) is 5.10 Å². The summed E-state index contributed by atoms with van der Waals surface area (Å²) in [5.41, 5.74) is 1.33. The summed E-state index contributed by atoms with van der Waals surface area (Å²) in [7, 11) is 1.69. The van der Waals surface area contributed by atoms with Gasteiger partial charge in [-0.1, -0.05) is 41.3 Å². The van der Waals surface area contributed by atoms with Crippen LogP contribution in [0.4, 0.5) is 5.82 Å². The lowest BCUT2D eigenvalue weighted by Crippen LogP contribution is -2.49. The number of carboxylic acids is 1. The molecule has 54 heavy (non-hydrogen) atoms. The van der Waals surface area contributed by atoms with Crippen molar-refractivity contribution in [3.63, 3.8) is 0 Å². The Hall–Kier alpha value is -4.52. The van der Waals surface area contributed by atoms with Crippen LogP contribution in [0.1, 0.15) is 62.5 Å². The fraction of sp³-hybridized carbons (Fsp3) is 0.400. The predicted molar refractivity (Wildman–Crippen MR) is 204 cm³/mol. The van der Waals surface area contributed by atoms with Gasteiger partial charge in [-0.3, -0.25) is 33.6 Å². The summed E-state index contributed by atoms with van der Waals surface area (Å²) in [6.45, 7) is 3.93. The molecule has 0 bridgehead atoms. The van der Waals surface area contributed by atoms with E-state index in [9.17, 15) is 24.3 Å². The van der Waals surface area contributed by atoms with E-state index in [0.29, 0.717) is 46.4 Å². The zero-order valence-corrected chi connectivity index (χ0v) is 32.2. The van der Waals surface area contributed by atoms with Gasteiger partial charge in [-0.25, -0.2) is 4.90 Å². The molecule has 2 aromatic carbocycles. The van der Waals surface area contributed by atoms with Crippen LogP contribution in [0.5, 0.6) is 5.75 Å². The number of phenols is 1. The number of halogens is 2. The fourth-order valence-corrected chi connectivity index (χ4v) is 11.1. The number of amides is 4. The van der Waals surface area contributed by atoms with E-state index in [1.165, 1.54) is 20.5 Å². The van der Waals surface area contributed by atoms with Gasteiger partial charge in [0.1, 0.15) is 17.3 Å². The van der Waals surface area contributed by atoms with Crippen molar-refractivity contribution in [2.24, 2.45) is 36.1 Å². The third kappa shape index (κ3) is 5.51. The highest BCUT2D eigenvalue weighted by molar-refractivity contribution is 7.22. The molecule has 0 radical (unpaired) electrons. The highest BCUT2D eigenvalue weighted by Crippen LogP contribution is 2.64. The molecule has 14 heteroatoms. The Bertz CT molecular complexity index is 2330. The van der Waals surface area contributed by atoms with Gasteiger partial charge in [0.25, 0.3) is 0 Å². The maximum absolute atomic E-state index is 15.0. The third-order valence-electron chi connectivity index (χ3n) is 12.2. The van der Waals surface area contributed by atoms with Crippen LogP contribution in [-0.2, 0) is 31.0 Å². The number of fused-ring (bicyclic) bond motifs is 5.